The fraction of sp³-hybridized carbons (Fsp3) is 0.595. The minimum atomic E-state index is -4.86. The van der Waals surface area contributed by atoms with Gasteiger partial charge in [-0.05, 0) is 12.3 Å². The predicted octanol–water partition coefficient (Wildman–Crippen LogP) is 0.419. The van der Waals surface area contributed by atoms with Crippen LogP contribution in [0.1, 0.15) is 59.2 Å². The molecule has 3 aliphatic heterocycles. The van der Waals surface area contributed by atoms with Crippen LogP contribution in [-0.4, -0.2) is 187 Å². The lowest BCUT2D eigenvalue weighted by molar-refractivity contribution is -0.138. The number of phosphoric acid groups is 1. The molecule has 0 saturated carbocycles. The lowest BCUT2D eigenvalue weighted by atomic mass is 10.0. The number of aliphatic hydroxyl groups is 3. The van der Waals surface area contributed by atoms with Crippen LogP contribution in [0.25, 0.3) is 33.5 Å². The smallest absolute Gasteiger partial charge is 0.472 e. The number of ether oxygens (including phenoxy) is 6. The Morgan fingerprint density at radius 3 is 1.55 bits per heavy atom. The number of phosphoric ester groups is 1. The van der Waals surface area contributed by atoms with E-state index in [4.69, 9.17) is 64.6 Å². The van der Waals surface area contributed by atoms with E-state index >= 15 is 0 Å². The van der Waals surface area contributed by atoms with Crippen molar-refractivity contribution in [2.75, 3.05) is 58.9 Å². The van der Waals surface area contributed by atoms with Crippen LogP contribution in [0.15, 0.2) is 38.0 Å². The standard InChI is InChI=1S/C25H33N10O10P.C11H15N5O4.C4H10.CH4O.CH2O/c1-11-17(40-2)13(44-24(11)34-9-32-15-20(26)28-7-30-22(15)34)6-42-46(38,39)45-19-18(41-3)12(4-5-14(36)37)43-25(19)35-10-33-16-21(27)29-8-31-23(16)35;1-19-2-5-7(17)8(18)11(20-5)16-4-15-6-9(12)13-3-14-10(6)16;1-4(2)3;2*1-2/h7-13,17-19,24-25H,4-6H2,1-3H3,(H,36,37)(H,38,39)(H2,26,28,30)(H2,27,29,31);3-5,7-8,11,17-18H,2H2,1H3,(H2,12,13,14);4H,1-3H3;2H,1H3;1H2. The monoisotopic (exact) mass is 1070 g/mol. The first-order chi connectivity index (χ1) is 35.4. The third-order valence-corrected chi connectivity index (χ3v) is 12.4. The van der Waals surface area contributed by atoms with Gasteiger partial charge in [-0.3, -0.25) is 27.5 Å². The van der Waals surface area contributed by atoms with Gasteiger partial charge in [0.2, 0.25) is 0 Å². The molecule has 0 spiro atoms. The number of hydrogen-bond acceptors (Lipinski definition) is 26. The molecule has 9 heterocycles. The Hall–Kier alpha value is -6.06. The molecule has 31 nitrogen and oxygen atoms in total. The van der Waals surface area contributed by atoms with E-state index in [0.29, 0.717) is 22.3 Å². The molecule has 3 saturated heterocycles. The molecule has 6 aromatic heterocycles. The van der Waals surface area contributed by atoms with E-state index in [1.165, 1.54) is 68.4 Å². The summed E-state index contributed by atoms with van der Waals surface area (Å²) in [6, 6.07) is 0. The van der Waals surface area contributed by atoms with Gasteiger partial charge in [-0.1, -0.05) is 27.7 Å². The first-order valence-corrected chi connectivity index (χ1v) is 24.2. The number of rotatable bonds is 15. The lowest BCUT2D eigenvalue weighted by Crippen LogP contribution is -2.36. The van der Waals surface area contributed by atoms with E-state index in [0.717, 1.165) is 13.0 Å². The molecule has 6 aromatic rings. The summed E-state index contributed by atoms with van der Waals surface area (Å²) < 4.78 is 63.5. The molecule has 9 rings (SSSR count). The summed E-state index contributed by atoms with van der Waals surface area (Å²) in [7, 11) is 0.483. The molecule has 408 valence electrons. The molecule has 32 heteroatoms. The molecule has 0 radical (unpaired) electrons. The number of anilines is 3. The van der Waals surface area contributed by atoms with Crippen molar-refractivity contribution in [2.45, 2.75) is 108 Å². The van der Waals surface area contributed by atoms with Crippen LogP contribution >= 0.6 is 7.82 Å². The lowest BCUT2D eigenvalue weighted by Gasteiger charge is -2.26. The molecule has 0 bridgehead atoms. The molecule has 11 N–H and O–H groups in total. The summed E-state index contributed by atoms with van der Waals surface area (Å²) in [5, 5.41) is 36.3. The quantitative estimate of drug-likeness (QED) is 0.0646. The van der Waals surface area contributed by atoms with Crippen molar-refractivity contribution >= 4 is 71.5 Å². The van der Waals surface area contributed by atoms with Gasteiger partial charge in [0.1, 0.15) is 85.2 Å². The van der Waals surface area contributed by atoms with Gasteiger partial charge in [-0.15, -0.1) is 0 Å². The third kappa shape index (κ3) is 13.1. The minimum Gasteiger partial charge on any atom is -0.481 e. The van der Waals surface area contributed by atoms with Crippen LogP contribution in [0.2, 0.25) is 0 Å². The average Bonchev–Trinajstić information content (AvgIpc) is 4.24. The van der Waals surface area contributed by atoms with Gasteiger partial charge in [0.25, 0.3) is 0 Å². The molecule has 0 aliphatic carbocycles. The van der Waals surface area contributed by atoms with Crippen LogP contribution in [0.3, 0.4) is 0 Å². The van der Waals surface area contributed by atoms with Crippen LogP contribution in [0.4, 0.5) is 17.5 Å². The average molecular weight is 1070 g/mol. The number of nitrogens with two attached hydrogens (primary N) is 3. The Labute approximate surface area is 422 Å². The van der Waals surface area contributed by atoms with Gasteiger partial charge in [-0.25, -0.2) is 49.4 Å². The van der Waals surface area contributed by atoms with Gasteiger partial charge < -0.3 is 75.7 Å². The van der Waals surface area contributed by atoms with Crippen molar-refractivity contribution in [2.24, 2.45) is 11.8 Å². The highest BCUT2D eigenvalue weighted by Crippen LogP contribution is 2.51. The second kappa shape index (κ2) is 26.4. The number of methoxy groups -OCH3 is 3. The maximum absolute atomic E-state index is 13.5. The topological polar surface area (TPSA) is 435 Å². The molecular formula is C42H64N15O16P. The van der Waals surface area contributed by atoms with Crippen LogP contribution in [0.5, 0.6) is 0 Å². The van der Waals surface area contributed by atoms with Crippen molar-refractivity contribution < 1.29 is 76.9 Å². The zero-order chi connectivity index (χ0) is 54.6. The van der Waals surface area contributed by atoms with Gasteiger partial charge in [-0.2, -0.15) is 0 Å². The number of hydrogen-bond donors (Lipinski definition) is 8. The Balaban J connectivity index is 0.000000299. The predicted molar refractivity (Wildman–Crippen MR) is 259 cm³/mol. The van der Waals surface area contributed by atoms with Gasteiger partial charge >= 0.3 is 13.8 Å². The number of imidazole rings is 3. The fourth-order valence-electron chi connectivity index (χ4n) is 8.31. The number of aliphatic carboxylic acids is 1. The summed E-state index contributed by atoms with van der Waals surface area (Å²) in [5.41, 5.74) is 19.8. The Bertz CT molecular complexity index is 2790. The second-order valence-corrected chi connectivity index (χ2v) is 18.5. The van der Waals surface area contributed by atoms with E-state index in [1.54, 1.807) is 4.57 Å². The van der Waals surface area contributed by atoms with E-state index < -0.39 is 87.9 Å². The molecule has 3 aliphatic rings. The zero-order valence-corrected chi connectivity index (χ0v) is 42.7. The number of carboxylic acids is 1. The van der Waals surface area contributed by atoms with Crippen molar-refractivity contribution in [1.29, 1.82) is 0 Å². The Kier molecular flexibility index (Phi) is 21.0. The first-order valence-electron chi connectivity index (χ1n) is 22.7. The summed E-state index contributed by atoms with van der Waals surface area (Å²) in [4.78, 5) is 67.2. The SMILES string of the molecule is C=O.CC(C)C.CO.COC1C(COP(=O)(O)OC2C(OC)C(CCC(=O)O)OC2n2cnc3c(N)ncnc32)OC(n2cnc3c(N)ncnc32)C1C.COCC1OC(n2cnc3c(N)ncnc32)C(O)C1O. The molecule has 0 aromatic carbocycles. The molecule has 0 amide bonds. The molecular weight excluding hydrogens is 1000 g/mol. The number of carbonyl (C=O) groups is 2. The summed E-state index contributed by atoms with van der Waals surface area (Å²) in [5.74, 6) is 0.0770. The largest absolute Gasteiger partial charge is 0.481 e. The summed E-state index contributed by atoms with van der Waals surface area (Å²) in [6.07, 6.45) is -1.81. The highest BCUT2D eigenvalue weighted by Gasteiger charge is 2.52. The number of carboxylic acid groups (broad SMARTS) is 1. The number of fused-ring (bicyclic) bond motifs is 3. The van der Waals surface area contributed by atoms with Crippen molar-refractivity contribution in [3.8, 4) is 0 Å². The van der Waals surface area contributed by atoms with E-state index in [9.17, 15) is 29.6 Å². The van der Waals surface area contributed by atoms with E-state index in [2.05, 4.69) is 65.6 Å². The van der Waals surface area contributed by atoms with Crippen LogP contribution in [0, 0.1) is 11.8 Å². The van der Waals surface area contributed by atoms with Gasteiger partial charge in [0.15, 0.2) is 46.9 Å². The van der Waals surface area contributed by atoms with E-state index in [-0.39, 0.29) is 54.0 Å². The van der Waals surface area contributed by atoms with Gasteiger partial charge in [0.05, 0.1) is 44.4 Å². The van der Waals surface area contributed by atoms with Crippen LogP contribution in [-0.2, 0) is 51.6 Å². The van der Waals surface area contributed by atoms with Crippen molar-refractivity contribution in [3.63, 3.8) is 0 Å². The second-order valence-electron chi connectivity index (χ2n) is 17.1. The number of nitrogen functional groups attached to an aromatic ring is 3. The first kappa shape index (κ1) is 58.8. The zero-order valence-electron chi connectivity index (χ0n) is 41.8. The number of carbonyl (C=O) groups excluding carboxylic acids is 1. The Morgan fingerprint density at radius 1 is 0.676 bits per heavy atom. The highest BCUT2D eigenvalue weighted by molar-refractivity contribution is 7.47. The Morgan fingerprint density at radius 2 is 1.11 bits per heavy atom. The number of nitrogens with zero attached hydrogens (tertiary/aromatic N) is 12. The maximum atomic E-state index is 13.5. The highest BCUT2D eigenvalue weighted by atomic mass is 31.2. The molecule has 13 atom stereocenters. The van der Waals surface area contributed by atoms with E-state index in [1.807, 2.05) is 13.7 Å². The number of aliphatic hydroxyl groups excluding tert-OH is 3. The molecule has 74 heavy (non-hydrogen) atoms. The molecule has 13 unspecified atom stereocenters. The normalized spacial score (nSPS) is 27.1. The molecule has 3 fully saturated rings. The minimum absolute atomic E-state index is 0.0226. The third-order valence-electron chi connectivity index (χ3n) is 11.4. The fourth-order valence-corrected chi connectivity index (χ4v) is 9.24. The summed E-state index contributed by atoms with van der Waals surface area (Å²) in [6.45, 7) is 10.2. The maximum Gasteiger partial charge on any atom is 0.472 e. The van der Waals surface area contributed by atoms with Crippen molar-refractivity contribution in [1.82, 2.24) is 58.6 Å². The van der Waals surface area contributed by atoms with Gasteiger partial charge in [0, 0.05) is 40.8 Å². The van der Waals surface area contributed by atoms with Crippen LogP contribution < -0.4 is 17.2 Å². The van der Waals surface area contributed by atoms with Crippen molar-refractivity contribution in [3.05, 3.63) is 38.0 Å². The summed E-state index contributed by atoms with van der Waals surface area (Å²) >= 11 is 0. The number of aromatic nitrogens is 12.